The smallest absolute Gasteiger partial charge is 0.284 e. The maximum Gasteiger partial charge on any atom is 0.284 e. The summed E-state index contributed by atoms with van der Waals surface area (Å²) in [4.78, 5) is 14.6. The van der Waals surface area contributed by atoms with Crippen molar-refractivity contribution in [3.63, 3.8) is 0 Å². The number of rotatable bonds is 6. The second-order valence-electron chi connectivity index (χ2n) is 5.94. The third kappa shape index (κ3) is 4.46. The van der Waals surface area contributed by atoms with Crippen LogP contribution in [0.15, 0.2) is 62.7 Å². The summed E-state index contributed by atoms with van der Waals surface area (Å²) in [5, 5.41) is 0.132. The maximum atomic E-state index is 12.8. The van der Waals surface area contributed by atoms with Crippen molar-refractivity contribution in [3.8, 4) is 11.5 Å². The Balaban J connectivity index is 1.96. The molecule has 1 aliphatic rings. The second kappa shape index (κ2) is 8.71. The number of amidine groups is 1. The van der Waals surface area contributed by atoms with Crippen molar-refractivity contribution in [2.24, 2.45) is 4.40 Å². The van der Waals surface area contributed by atoms with E-state index in [9.17, 15) is 13.2 Å². The summed E-state index contributed by atoms with van der Waals surface area (Å²) in [6.07, 6.45) is 1.68. The summed E-state index contributed by atoms with van der Waals surface area (Å²) in [6, 6.07) is 13.2. The van der Waals surface area contributed by atoms with Crippen molar-refractivity contribution in [3.05, 3.63) is 59.0 Å². The molecule has 0 atom stereocenters. The van der Waals surface area contributed by atoms with E-state index in [0.29, 0.717) is 22.9 Å². The number of likely N-dealkylation sites (N-methyl/N-ethyl adjacent to an activating group) is 1. The lowest BCUT2D eigenvalue weighted by Crippen LogP contribution is -2.29. The Morgan fingerprint density at radius 2 is 1.76 bits per heavy atom. The molecule has 0 bridgehead atoms. The van der Waals surface area contributed by atoms with Crippen LogP contribution in [0.2, 0.25) is 0 Å². The summed E-state index contributed by atoms with van der Waals surface area (Å²) in [5.41, 5.74) is 0.724. The van der Waals surface area contributed by atoms with E-state index in [1.807, 2.05) is 0 Å². The molecule has 0 N–H and O–H groups in total. The number of sulfonamides is 1. The highest BCUT2D eigenvalue weighted by molar-refractivity contribution is 8.19. The van der Waals surface area contributed by atoms with Crippen LogP contribution in [0.25, 0.3) is 6.08 Å². The first-order chi connectivity index (χ1) is 13.9. The van der Waals surface area contributed by atoms with Crippen molar-refractivity contribution in [2.45, 2.75) is 11.8 Å². The zero-order valence-corrected chi connectivity index (χ0v) is 17.8. The fourth-order valence-electron chi connectivity index (χ4n) is 2.70. The zero-order valence-electron chi connectivity index (χ0n) is 16.2. The minimum Gasteiger partial charge on any atom is -0.493 e. The van der Waals surface area contributed by atoms with Gasteiger partial charge in [-0.05, 0) is 54.6 Å². The number of amides is 1. The van der Waals surface area contributed by atoms with Gasteiger partial charge in [-0.15, -0.1) is 4.40 Å². The van der Waals surface area contributed by atoms with Crippen LogP contribution in [0, 0.1) is 0 Å². The van der Waals surface area contributed by atoms with Crippen LogP contribution >= 0.6 is 11.8 Å². The molecule has 1 aliphatic heterocycles. The maximum absolute atomic E-state index is 12.8. The van der Waals surface area contributed by atoms with Gasteiger partial charge in [0.05, 0.1) is 24.0 Å². The minimum absolute atomic E-state index is 0.0777. The molecular formula is C20H20N2O5S2. The molecule has 1 amide bonds. The molecular weight excluding hydrogens is 412 g/mol. The van der Waals surface area contributed by atoms with E-state index in [0.717, 1.165) is 17.3 Å². The highest BCUT2D eigenvalue weighted by Gasteiger charge is 2.34. The van der Waals surface area contributed by atoms with E-state index >= 15 is 0 Å². The van der Waals surface area contributed by atoms with E-state index < -0.39 is 10.0 Å². The van der Waals surface area contributed by atoms with Crippen LogP contribution in [0.5, 0.6) is 11.5 Å². The van der Waals surface area contributed by atoms with Gasteiger partial charge in [0.1, 0.15) is 0 Å². The molecule has 1 saturated heterocycles. The lowest BCUT2D eigenvalue weighted by atomic mass is 10.2. The first kappa shape index (κ1) is 20.9. The van der Waals surface area contributed by atoms with Crippen molar-refractivity contribution < 1.29 is 22.7 Å². The summed E-state index contributed by atoms with van der Waals surface area (Å²) < 4.78 is 39.6. The van der Waals surface area contributed by atoms with Gasteiger partial charge in [-0.25, -0.2) is 0 Å². The molecule has 9 heteroatoms. The predicted octanol–water partition coefficient (Wildman–Crippen LogP) is 3.38. The number of hydrogen-bond donors (Lipinski definition) is 0. The number of benzene rings is 2. The minimum atomic E-state index is -3.92. The Hall–Kier alpha value is -2.78. The second-order valence-corrected chi connectivity index (χ2v) is 8.55. The standard InChI is InChI=1S/C20H20N2O5S2/c1-4-22-19(23)18(13-14-10-11-16(26-2)17(12-14)27-3)28-20(22)21-29(24,25)15-8-6-5-7-9-15/h5-13H,4H2,1-3H3/b18-13-,21-20-. The molecule has 1 fully saturated rings. The number of nitrogens with zero attached hydrogens (tertiary/aromatic N) is 2. The van der Waals surface area contributed by atoms with Crippen molar-refractivity contribution >= 4 is 38.9 Å². The average molecular weight is 433 g/mol. The zero-order chi connectivity index (χ0) is 21.0. The Labute approximate surface area is 174 Å². The summed E-state index contributed by atoms with van der Waals surface area (Å²) in [6.45, 7) is 2.07. The summed E-state index contributed by atoms with van der Waals surface area (Å²) in [7, 11) is -0.844. The predicted molar refractivity (Wildman–Crippen MR) is 114 cm³/mol. The first-order valence-electron chi connectivity index (χ1n) is 8.73. The van der Waals surface area contributed by atoms with Crippen molar-refractivity contribution in [1.82, 2.24) is 4.90 Å². The van der Waals surface area contributed by atoms with E-state index in [2.05, 4.69) is 4.40 Å². The third-order valence-corrected chi connectivity index (χ3v) is 6.55. The lowest BCUT2D eigenvalue weighted by molar-refractivity contribution is -0.122. The summed E-state index contributed by atoms with van der Waals surface area (Å²) in [5.74, 6) is 0.811. The topological polar surface area (TPSA) is 85.3 Å². The fraction of sp³-hybridized carbons (Fsp3) is 0.200. The fourth-order valence-corrected chi connectivity index (χ4v) is 4.96. The number of methoxy groups -OCH3 is 2. The van der Waals surface area contributed by atoms with Gasteiger partial charge in [-0.2, -0.15) is 8.42 Å². The summed E-state index contributed by atoms with van der Waals surface area (Å²) >= 11 is 1.03. The van der Waals surface area contributed by atoms with Crippen LogP contribution in [0.4, 0.5) is 0 Å². The van der Waals surface area contributed by atoms with Crippen molar-refractivity contribution in [2.75, 3.05) is 20.8 Å². The monoisotopic (exact) mass is 432 g/mol. The highest BCUT2D eigenvalue weighted by atomic mass is 32.2. The van der Waals surface area contributed by atoms with Gasteiger partial charge < -0.3 is 9.47 Å². The Morgan fingerprint density at radius 1 is 1.07 bits per heavy atom. The number of carbonyl (C=O) groups is 1. The molecule has 0 radical (unpaired) electrons. The van der Waals surface area contributed by atoms with Crippen LogP contribution in [0.1, 0.15) is 12.5 Å². The van der Waals surface area contributed by atoms with Crippen LogP contribution < -0.4 is 9.47 Å². The Kier molecular flexibility index (Phi) is 6.29. The number of ether oxygens (including phenoxy) is 2. The number of carbonyl (C=O) groups excluding carboxylic acids is 1. The first-order valence-corrected chi connectivity index (χ1v) is 11.0. The molecule has 0 aromatic heterocycles. The molecule has 0 spiro atoms. The molecule has 7 nitrogen and oxygen atoms in total. The van der Waals surface area contributed by atoms with E-state index in [1.165, 1.54) is 24.1 Å². The van der Waals surface area contributed by atoms with E-state index in [-0.39, 0.29) is 16.0 Å². The van der Waals surface area contributed by atoms with Crippen LogP contribution in [0.3, 0.4) is 0 Å². The van der Waals surface area contributed by atoms with Gasteiger partial charge in [0.2, 0.25) is 0 Å². The highest BCUT2D eigenvalue weighted by Crippen LogP contribution is 2.35. The molecule has 152 valence electrons. The van der Waals surface area contributed by atoms with Gasteiger partial charge in [0.25, 0.3) is 15.9 Å². The molecule has 0 aliphatic carbocycles. The number of hydrogen-bond acceptors (Lipinski definition) is 6. The van der Waals surface area contributed by atoms with Crippen LogP contribution in [-0.2, 0) is 14.8 Å². The van der Waals surface area contributed by atoms with Crippen molar-refractivity contribution in [1.29, 1.82) is 0 Å². The largest absolute Gasteiger partial charge is 0.493 e. The molecule has 1 heterocycles. The molecule has 2 aromatic rings. The van der Waals surface area contributed by atoms with Gasteiger partial charge in [0, 0.05) is 6.54 Å². The van der Waals surface area contributed by atoms with Gasteiger partial charge >= 0.3 is 0 Å². The van der Waals surface area contributed by atoms with Gasteiger partial charge in [-0.1, -0.05) is 24.3 Å². The van der Waals surface area contributed by atoms with E-state index in [4.69, 9.17) is 9.47 Å². The Morgan fingerprint density at radius 3 is 2.38 bits per heavy atom. The lowest BCUT2D eigenvalue weighted by Gasteiger charge is -2.11. The van der Waals surface area contributed by atoms with Crippen LogP contribution in [-0.4, -0.2) is 45.2 Å². The molecule has 0 unspecified atom stereocenters. The van der Waals surface area contributed by atoms with Gasteiger partial charge in [0.15, 0.2) is 16.7 Å². The van der Waals surface area contributed by atoms with E-state index in [1.54, 1.807) is 56.5 Å². The normalized spacial score (nSPS) is 17.2. The average Bonchev–Trinajstić information content (AvgIpc) is 3.01. The Bertz CT molecular complexity index is 1080. The number of thioether (sulfide) groups is 1. The third-order valence-electron chi connectivity index (χ3n) is 4.15. The molecule has 3 rings (SSSR count). The SMILES string of the molecule is CCN1C(=O)/C(=C/c2ccc(OC)c(OC)c2)S/C1=N\S(=O)(=O)c1ccccc1. The molecule has 29 heavy (non-hydrogen) atoms. The molecule has 2 aromatic carbocycles. The molecule has 0 saturated carbocycles. The van der Waals surface area contributed by atoms with Gasteiger partial charge in [-0.3, -0.25) is 9.69 Å². The quantitative estimate of drug-likeness (QED) is 0.651.